The molecular weight excluding hydrogens is 311 g/mol. The maximum atomic E-state index is 10.7. The van der Waals surface area contributed by atoms with Gasteiger partial charge in [-0.25, -0.2) is 0 Å². The van der Waals surface area contributed by atoms with Crippen molar-refractivity contribution in [2.75, 3.05) is 0 Å². The fourth-order valence-corrected chi connectivity index (χ4v) is 2.14. The summed E-state index contributed by atoms with van der Waals surface area (Å²) >= 11 is 3.09. The molecule has 0 aliphatic heterocycles. The molecule has 2 rings (SSSR count). The molecule has 1 aromatic rings. The molecule has 0 aromatic heterocycles. The van der Waals surface area contributed by atoms with Crippen LogP contribution >= 0.6 is 28.3 Å². The van der Waals surface area contributed by atoms with Gasteiger partial charge in [0.25, 0.3) is 5.69 Å². The van der Waals surface area contributed by atoms with Gasteiger partial charge in [-0.3, -0.25) is 10.1 Å². The summed E-state index contributed by atoms with van der Waals surface area (Å²) in [4.78, 5) is 10.2. The van der Waals surface area contributed by atoms with Gasteiger partial charge < -0.3 is 10.8 Å². The van der Waals surface area contributed by atoms with Crippen LogP contribution in [0.1, 0.15) is 24.4 Å². The van der Waals surface area contributed by atoms with Gasteiger partial charge in [-0.15, -0.1) is 12.4 Å². The number of non-ortho nitro benzene ring substituents is 1. The molecule has 17 heavy (non-hydrogen) atoms. The normalized spacial score (nSPS) is 16.1. The molecular formula is C10H12BrClN2O3. The van der Waals surface area contributed by atoms with Crippen LogP contribution in [0.5, 0.6) is 5.75 Å². The third-order valence-electron chi connectivity index (χ3n) is 2.78. The standard InChI is InChI=1S/C10H11BrN2O3.ClH/c11-8-4-6(13(15)16)3-7(10(8)14)9(12)5-1-2-5;/h3-5,9,14H,1-2,12H2;1H/t9-;/m1./s1. The highest BCUT2D eigenvalue weighted by molar-refractivity contribution is 9.10. The minimum absolute atomic E-state index is 0. The number of phenolic OH excluding ortho intramolecular Hbond substituents is 1. The fourth-order valence-electron chi connectivity index (χ4n) is 1.67. The zero-order chi connectivity index (χ0) is 11.9. The Morgan fingerprint density at radius 3 is 2.59 bits per heavy atom. The smallest absolute Gasteiger partial charge is 0.271 e. The molecule has 7 heteroatoms. The highest BCUT2D eigenvalue weighted by atomic mass is 79.9. The minimum Gasteiger partial charge on any atom is -0.506 e. The Bertz CT molecular complexity index is 451. The van der Waals surface area contributed by atoms with Crippen LogP contribution in [0.3, 0.4) is 0 Å². The number of nitrogens with two attached hydrogens (primary N) is 1. The summed E-state index contributed by atoms with van der Waals surface area (Å²) in [7, 11) is 0. The van der Waals surface area contributed by atoms with Crippen LogP contribution in [0.2, 0.25) is 0 Å². The van der Waals surface area contributed by atoms with Gasteiger partial charge in [-0.1, -0.05) is 0 Å². The third kappa shape index (κ3) is 2.88. The number of phenols is 1. The summed E-state index contributed by atoms with van der Waals surface area (Å²) in [5.41, 5.74) is 6.32. The lowest BCUT2D eigenvalue weighted by molar-refractivity contribution is -0.385. The number of halogens is 2. The van der Waals surface area contributed by atoms with Crippen LogP contribution in [0.15, 0.2) is 16.6 Å². The zero-order valence-corrected chi connectivity index (χ0v) is 11.2. The average molecular weight is 324 g/mol. The SMILES string of the molecule is Cl.N[C@@H](c1cc([N+](=O)[O-])cc(Br)c1O)C1CC1. The molecule has 5 nitrogen and oxygen atoms in total. The van der Waals surface area contributed by atoms with Crippen molar-refractivity contribution in [2.45, 2.75) is 18.9 Å². The van der Waals surface area contributed by atoms with Crippen LogP contribution in [-0.4, -0.2) is 10.0 Å². The summed E-state index contributed by atoms with van der Waals surface area (Å²) in [5.74, 6) is 0.338. The van der Waals surface area contributed by atoms with Gasteiger partial charge >= 0.3 is 0 Å². The summed E-state index contributed by atoms with van der Waals surface area (Å²) in [6.45, 7) is 0. The van der Waals surface area contributed by atoms with Gasteiger partial charge in [0.15, 0.2) is 0 Å². The van der Waals surface area contributed by atoms with E-state index in [0.717, 1.165) is 12.8 Å². The molecule has 0 amide bonds. The number of hydrogen-bond donors (Lipinski definition) is 2. The van der Waals surface area contributed by atoms with E-state index in [2.05, 4.69) is 15.9 Å². The summed E-state index contributed by atoms with van der Waals surface area (Å²) < 4.78 is 0.313. The van der Waals surface area contributed by atoms with E-state index in [0.29, 0.717) is 16.0 Å². The Labute approximate surface area is 113 Å². The van der Waals surface area contributed by atoms with Crippen molar-refractivity contribution in [2.24, 2.45) is 11.7 Å². The van der Waals surface area contributed by atoms with E-state index in [1.54, 1.807) is 0 Å². The highest BCUT2D eigenvalue weighted by Crippen LogP contribution is 2.44. The number of nitro groups is 1. The van der Waals surface area contributed by atoms with E-state index in [9.17, 15) is 15.2 Å². The van der Waals surface area contributed by atoms with E-state index in [-0.39, 0.29) is 29.9 Å². The molecule has 1 aliphatic rings. The lowest BCUT2D eigenvalue weighted by atomic mass is 10.0. The van der Waals surface area contributed by atoms with Crippen molar-refractivity contribution in [3.63, 3.8) is 0 Å². The van der Waals surface area contributed by atoms with Gasteiger partial charge in [0.1, 0.15) is 5.75 Å². The summed E-state index contributed by atoms with van der Waals surface area (Å²) in [6, 6.07) is 2.30. The average Bonchev–Trinajstić information content (AvgIpc) is 3.04. The monoisotopic (exact) mass is 322 g/mol. The van der Waals surface area contributed by atoms with Crippen LogP contribution < -0.4 is 5.73 Å². The quantitative estimate of drug-likeness (QED) is 0.661. The second-order valence-electron chi connectivity index (χ2n) is 3.99. The van der Waals surface area contributed by atoms with Crippen LogP contribution in [0.25, 0.3) is 0 Å². The predicted molar refractivity (Wildman–Crippen MR) is 69.4 cm³/mol. The molecule has 0 unspecified atom stereocenters. The summed E-state index contributed by atoms with van der Waals surface area (Å²) in [6.07, 6.45) is 2.03. The number of rotatable bonds is 3. The molecule has 1 saturated carbocycles. The first kappa shape index (κ1) is 14.2. The molecule has 1 aromatic carbocycles. The molecule has 94 valence electrons. The first-order valence-electron chi connectivity index (χ1n) is 4.93. The number of hydrogen-bond acceptors (Lipinski definition) is 4. The number of benzene rings is 1. The molecule has 0 bridgehead atoms. The van der Waals surface area contributed by atoms with Crippen LogP contribution in [-0.2, 0) is 0 Å². The Morgan fingerprint density at radius 2 is 2.12 bits per heavy atom. The van der Waals surface area contributed by atoms with Gasteiger partial charge in [-0.2, -0.15) is 0 Å². The second-order valence-corrected chi connectivity index (χ2v) is 4.84. The Balaban J connectivity index is 0.00000144. The van der Waals surface area contributed by atoms with Crippen LogP contribution in [0, 0.1) is 16.0 Å². The van der Waals surface area contributed by atoms with Crippen molar-refractivity contribution >= 4 is 34.0 Å². The van der Waals surface area contributed by atoms with Crippen molar-refractivity contribution in [3.05, 3.63) is 32.3 Å². The van der Waals surface area contributed by atoms with Gasteiger partial charge in [0, 0.05) is 23.7 Å². The van der Waals surface area contributed by atoms with E-state index in [1.807, 2.05) is 0 Å². The zero-order valence-electron chi connectivity index (χ0n) is 8.80. The highest BCUT2D eigenvalue weighted by Gasteiger charge is 2.32. The lowest BCUT2D eigenvalue weighted by Gasteiger charge is -2.13. The van der Waals surface area contributed by atoms with Gasteiger partial charge in [-0.05, 0) is 34.7 Å². The van der Waals surface area contributed by atoms with Crippen molar-refractivity contribution in [1.82, 2.24) is 0 Å². The predicted octanol–water partition coefficient (Wildman–Crippen LogP) is 2.89. The second kappa shape index (κ2) is 5.20. The topological polar surface area (TPSA) is 89.4 Å². The Kier molecular flexibility index (Phi) is 4.35. The van der Waals surface area contributed by atoms with E-state index in [4.69, 9.17) is 5.73 Å². The van der Waals surface area contributed by atoms with Crippen molar-refractivity contribution in [3.8, 4) is 5.75 Å². The molecule has 0 spiro atoms. The minimum atomic E-state index is -0.493. The largest absolute Gasteiger partial charge is 0.506 e. The van der Waals surface area contributed by atoms with Crippen LogP contribution in [0.4, 0.5) is 5.69 Å². The maximum absolute atomic E-state index is 10.7. The molecule has 1 atom stereocenters. The lowest BCUT2D eigenvalue weighted by Crippen LogP contribution is -2.13. The fraction of sp³-hybridized carbons (Fsp3) is 0.400. The van der Waals surface area contributed by atoms with E-state index < -0.39 is 4.92 Å². The molecule has 0 heterocycles. The first-order valence-corrected chi connectivity index (χ1v) is 5.72. The first-order chi connectivity index (χ1) is 7.50. The van der Waals surface area contributed by atoms with E-state index >= 15 is 0 Å². The maximum Gasteiger partial charge on any atom is 0.271 e. The van der Waals surface area contributed by atoms with Gasteiger partial charge in [0.2, 0.25) is 0 Å². The number of nitrogens with zero attached hydrogens (tertiary/aromatic N) is 1. The third-order valence-corrected chi connectivity index (χ3v) is 3.38. The molecule has 1 fully saturated rings. The molecule has 0 radical (unpaired) electrons. The van der Waals surface area contributed by atoms with Crippen molar-refractivity contribution in [1.29, 1.82) is 0 Å². The Morgan fingerprint density at radius 1 is 1.53 bits per heavy atom. The van der Waals surface area contributed by atoms with Gasteiger partial charge in [0.05, 0.1) is 9.40 Å². The molecule has 3 N–H and O–H groups in total. The molecule has 0 saturated heterocycles. The number of aromatic hydroxyl groups is 1. The molecule has 1 aliphatic carbocycles. The van der Waals surface area contributed by atoms with E-state index in [1.165, 1.54) is 12.1 Å². The summed E-state index contributed by atoms with van der Waals surface area (Å²) in [5, 5.41) is 20.5. The van der Waals surface area contributed by atoms with Crippen molar-refractivity contribution < 1.29 is 10.0 Å². The number of nitro benzene ring substituents is 1. The Hall–Kier alpha value is -0.850.